The number of hydrogen-bond acceptors (Lipinski definition) is 2. The third-order valence-electron chi connectivity index (χ3n) is 2.70. The smallest absolute Gasteiger partial charge is 0.229 e. The van der Waals surface area contributed by atoms with E-state index < -0.39 is 0 Å². The molecule has 0 aliphatic heterocycles. The van der Waals surface area contributed by atoms with Gasteiger partial charge in [0.25, 0.3) is 0 Å². The maximum atomic E-state index is 11.9. The number of carbonyl (C=O) groups is 1. The van der Waals surface area contributed by atoms with Gasteiger partial charge in [-0.25, -0.2) is 0 Å². The molecular formula is C12H24N2O. The summed E-state index contributed by atoms with van der Waals surface area (Å²) < 4.78 is 0. The third kappa shape index (κ3) is 4.98. The van der Waals surface area contributed by atoms with Gasteiger partial charge in [0.1, 0.15) is 0 Å². The first-order chi connectivity index (χ1) is 6.90. The molecule has 0 spiro atoms. The van der Waals surface area contributed by atoms with Crippen molar-refractivity contribution in [3.05, 3.63) is 12.2 Å². The van der Waals surface area contributed by atoms with Crippen LogP contribution < -0.4 is 0 Å². The number of carbonyl (C=O) groups excluding carboxylic acids is 1. The van der Waals surface area contributed by atoms with Gasteiger partial charge >= 0.3 is 0 Å². The van der Waals surface area contributed by atoms with E-state index in [1.165, 1.54) is 0 Å². The quantitative estimate of drug-likeness (QED) is 0.625. The second-order valence-corrected chi connectivity index (χ2v) is 4.30. The summed E-state index contributed by atoms with van der Waals surface area (Å²) in [5.74, 6) is 0.117. The second-order valence-electron chi connectivity index (χ2n) is 4.30. The average Bonchev–Trinajstić information content (AvgIpc) is 2.22. The van der Waals surface area contributed by atoms with Crippen molar-refractivity contribution >= 4 is 5.91 Å². The van der Waals surface area contributed by atoms with Crippen molar-refractivity contribution in [2.24, 2.45) is 5.92 Å². The van der Waals surface area contributed by atoms with Crippen LogP contribution in [0.2, 0.25) is 0 Å². The first kappa shape index (κ1) is 14.2. The summed E-state index contributed by atoms with van der Waals surface area (Å²) in [4.78, 5) is 15.8. The molecule has 0 radical (unpaired) electrons. The van der Waals surface area contributed by atoms with Gasteiger partial charge in [0.05, 0.1) is 5.92 Å². The molecule has 0 saturated carbocycles. The number of amides is 1. The van der Waals surface area contributed by atoms with E-state index in [1.54, 1.807) is 4.90 Å². The SMILES string of the molecule is C=C(CC)C(C)C(=O)N(C)CCN(C)C. The van der Waals surface area contributed by atoms with Crippen LogP contribution in [0, 0.1) is 5.92 Å². The fourth-order valence-corrected chi connectivity index (χ4v) is 1.27. The summed E-state index contributed by atoms with van der Waals surface area (Å²) in [7, 11) is 5.87. The lowest BCUT2D eigenvalue weighted by Gasteiger charge is -2.23. The number of rotatable bonds is 6. The fourth-order valence-electron chi connectivity index (χ4n) is 1.27. The monoisotopic (exact) mass is 212 g/mol. The maximum Gasteiger partial charge on any atom is 0.229 e. The second kappa shape index (κ2) is 6.62. The molecule has 3 nitrogen and oxygen atoms in total. The molecule has 0 aromatic heterocycles. The van der Waals surface area contributed by atoms with E-state index in [0.29, 0.717) is 0 Å². The molecule has 3 heteroatoms. The normalized spacial score (nSPS) is 12.7. The number of hydrogen-bond donors (Lipinski definition) is 0. The van der Waals surface area contributed by atoms with Gasteiger partial charge in [0.15, 0.2) is 0 Å². The van der Waals surface area contributed by atoms with E-state index in [4.69, 9.17) is 0 Å². The highest BCUT2D eigenvalue weighted by atomic mass is 16.2. The predicted octanol–water partition coefficient (Wildman–Crippen LogP) is 1.61. The molecule has 0 aliphatic carbocycles. The summed E-state index contributed by atoms with van der Waals surface area (Å²) in [5, 5.41) is 0. The molecule has 0 heterocycles. The Morgan fingerprint density at radius 2 is 1.80 bits per heavy atom. The summed E-state index contributed by atoms with van der Waals surface area (Å²) in [6, 6.07) is 0. The Bertz CT molecular complexity index is 224. The summed E-state index contributed by atoms with van der Waals surface area (Å²) in [6.45, 7) is 9.55. The summed E-state index contributed by atoms with van der Waals surface area (Å²) in [6.07, 6.45) is 0.869. The van der Waals surface area contributed by atoms with Gasteiger partial charge in [0, 0.05) is 20.1 Å². The maximum absolute atomic E-state index is 11.9. The van der Waals surface area contributed by atoms with Gasteiger partial charge in [-0.05, 0) is 27.4 Å². The Morgan fingerprint density at radius 1 is 1.27 bits per heavy atom. The highest BCUT2D eigenvalue weighted by Crippen LogP contribution is 2.14. The van der Waals surface area contributed by atoms with E-state index in [-0.39, 0.29) is 11.8 Å². The van der Waals surface area contributed by atoms with Crippen molar-refractivity contribution in [1.82, 2.24) is 9.80 Å². The van der Waals surface area contributed by atoms with Crippen LogP contribution in [-0.4, -0.2) is 49.9 Å². The predicted molar refractivity (Wildman–Crippen MR) is 64.8 cm³/mol. The molecule has 0 N–H and O–H groups in total. The number of likely N-dealkylation sites (N-methyl/N-ethyl adjacent to an activating group) is 2. The number of nitrogens with zero attached hydrogens (tertiary/aromatic N) is 2. The molecule has 0 saturated heterocycles. The van der Waals surface area contributed by atoms with E-state index >= 15 is 0 Å². The Morgan fingerprint density at radius 3 is 2.20 bits per heavy atom. The van der Waals surface area contributed by atoms with Gasteiger partial charge in [-0.3, -0.25) is 4.79 Å². The average molecular weight is 212 g/mol. The largest absolute Gasteiger partial charge is 0.344 e. The molecule has 1 unspecified atom stereocenters. The molecule has 1 amide bonds. The molecular weight excluding hydrogens is 188 g/mol. The fraction of sp³-hybridized carbons (Fsp3) is 0.750. The van der Waals surface area contributed by atoms with Crippen molar-refractivity contribution in [3.8, 4) is 0 Å². The zero-order valence-electron chi connectivity index (χ0n) is 10.7. The van der Waals surface area contributed by atoms with Crippen LogP contribution in [0.4, 0.5) is 0 Å². The zero-order chi connectivity index (χ0) is 12.0. The first-order valence-electron chi connectivity index (χ1n) is 5.47. The Kier molecular flexibility index (Phi) is 6.25. The lowest BCUT2D eigenvalue weighted by Crippen LogP contribution is -2.37. The molecule has 0 aromatic carbocycles. The Hall–Kier alpha value is -0.830. The minimum Gasteiger partial charge on any atom is -0.344 e. The molecule has 0 aliphatic rings. The summed E-state index contributed by atoms with van der Waals surface area (Å²) in [5.41, 5.74) is 1.01. The standard InChI is InChI=1S/C12H24N2O/c1-7-10(2)11(3)12(15)14(6)9-8-13(4)5/h11H,2,7-9H2,1,3-6H3. The van der Waals surface area contributed by atoms with E-state index in [0.717, 1.165) is 25.1 Å². The van der Waals surface area contributed by atoms with Crippen LogP contribution in [0.5, 0.6) is 0 Å². The van der Waals surface area contributed by atoms with Crippen molar-refractivity contribution < 1.29 is 4.79 Å². The molecule has 0 bridgehead atoms. The Labute approximate surface area is 93.7 Å². The van der Waals surface area contributed by atoms with E-state index in [2.05, 4.69) is 11.5 Å². The van der Waals surface area contributed by atoms with Crippen molar-refractivity contribution in [2.75, 3.05) is 34.2 Å². The van der Waals surface area contributed by atoms with Gasteiger partial charge in [-0.2, -0.15) is 0 Å². The molecule has 0 aromatic rings. The van der Waals surface area contributed by atoms with E-state index in [9.17, 15) is 4.79 Å². The lowest BCUT2D eigenvalue weighted by molar-refractivity contribution is -0.132. The van der Waals surface area contributed by atoms with Crippen LogP contribution in [0.3, 0.4) is 0 Å². The summed E-state index contributed by atoms with van der Waals surface area (Å²) >= 11 is 0. The zero-order valence-corrected chi connectivity index (χ0v) is 10.7. The van der Waals surface area contributed by atoms with Crippen LogP contribution in [0.1, 0.15) is 20.3 Å². The van der Waals surface area contributed by atoms with Gasteiger partial charge < -0.3 is 9.80 Å². The van der Waals surface area contributed by atoms with Gasteiger partial charge in [0.2, 0.25) is 5.91 Å². The molecule has 88 valence electrons. The first-order valence-corrected chi connectivity index (χ1v) is 5.47. The van der Waals surface area contributed by atoms with Crippen LogP contribution in [0.15, 0.2) is 12.2 Å². The topological polar surface area (TPSA) is 23.6 Å². The van der Waals surface area contributed by atoms with Crippen molar-refractivity contribution in [2.45, 2.75) is 20.3 Å². The van der Waals surface area contributed by atoms with Gasteiger partial charge in [-0.1, -0.05) is 19.1 Å². The Balaban J connectivity index is 4.13. The third-order valence-corrected chi connectivity index (χ3v) is 2.70. The molecule has 0 fully saturated rings. The van der Waals surface area contributed by atoms with Crippen LogP contribution in [0.25, 0.3) is 0 Å². The molecule has 0 rings (SSSR count). The van der Waals surface area contributed by atoms with Crippen molar-refractivity contribution in [3.63, 3.8) is 0 Å². The molecule has 1 atom stereocenters. The minimum absolute atomic E-state index is 0.0536. The molecule has 15 heavy (non-hydrogen) atoms. The van der Waals surface area contributed by atoms with E-state index in [1.807, 2.05) is 35.0 Å². The highest BCUT2D eigenvalue weighted by molar-refractivity contribution is 5.80. The van der Waals surface area contributed by atoms with Crippen LogP contribution >= 0.6 is 0 Å². The minimum atomic E-state index is -0.0536. The lowest BCUT2D eigenvalue weighted by atomic mass is 9.99. The van der Waals surface area contributed by atoms with Crippen LogP contribution in [-0.2, 0) is 4.79 Å². The van der Waals surface area contributed by atoms with Crippen molar-refractivity contribution in [1.29, 1.82) is 0 Å². The van der Waals surface area contributed by atoms with Gasteiger partial charge in [-0.15, -0.1) is 0 Å². The highest BCUT2D eigenvalue weighted by Gasteiger charge is 2.18.